The zero-order valence-electron chi connectivity index (χ0n) is 10.2. The molecule has 1 fully saturated rings. The summed E-state index contributed by atoms with van der Waals surface area (Å²) in [5, 5.41) is 7.02. The molecule has 1 rings (SSSR count). The summed E-state index contributed by atoms with van der Waals surface area (Å²) in [6, 6.07) is 0.471. The number of amides is 1. The van der Waals surface area contributed by atoms with Crippen molar-refractivity contribution in [2.24, 2.45) is 10.9 Å². The van der Waals surface area contributed by atoms with Gasteiger partial charge in [-0.05, 0) is 19.3 Å². The van der Waals surface area contributed by atoms with Crippen LogP contribution in [0.25, 0.3) is 0 Å². The predicted octanol–water partition coefficient (Wildman–Crippen LogP) is 1.23. The largest absolute Gasteiger partial charge is 0.362 e. The van der Waals surface area contributed by atoms with Crippen molar-refractivity contribution < 1.29 is 4.79 Å². The molecule has 0 aromatic heterocycles. The topological polar surface area (TPSA) is 53.5 Å². The molecule has 1 amide bonds. The maximum atomic E-state index is 11.4. The number of hydrogen-bond acceptors (Lipinski definition) is 3. The Morgan fingerprint density at radius 3 is 3.06 bits per heavy atom. The fraction of sp³-hybridized carbons (Fsp3) is 0.818. The van der Waals surface area contributed by atoms with E-state index in [4.69, 9.17) is 0 Å². The van der Waals surface area contributed by atoms with E-state index in [2.05, 4.69) is 36.4 Å². The molecule has 4 nitrogen and oxygen atoms in total. The van der Waals surface area contributed by atoms with Crippen LogP contribution in [0.5, 0.6) is 0 Å². The summed E-state index contributed by atoms with van der Waals surface area (Å²) in [5.74, 6) is 1.57. The van der Waals surface area contributed by atoms with E-state index in [0.29, 0.717) is 12.0 Å². The first-order valence-electron chi connectivity index (χ1n) is 5.78. The average molecular weight is 243 g/mol. The van der Waals surface area contributed by atoms with Gasteiger partial charge in [-0.3, -0.25) is 9.79 Å². The van der Waals surface area contributed by atoms with Crippen molar-refractivity contribution in [1.82, 2.24) is 10.6 Å². The molecule has 1 atom stereocenters. The van der Waals surface area contributed by atoms with E-state index < -0.39 is 0 Å². The van der Waals surface area contributed by atoms with Gasteiger partial charge in [0.15, 0.2) is 5.17 Å². The van der Waals surface area contributed by atoms with Crippen LogP contribution in [0, 0.1) is 5.92 Å². The van der Waals surface area contributed by atoms with Crippen molar-refractivity contribution in [1.29, 1.82) is 0 Å². The molecule has 0 spiro atoms. The molecule has 1 heterocycles. The highest BCUT2D eigenvalue weighted by Crippen LogP contribution is 2.12. The van der Waals surface area contributed by atoms with Crippen molar-refractivity contribution >= 4 is 22.8 Å². The second-order valence-electron chi connectivity index (χ2n) is 4.50. The summed E-state index contributed by atoms with van der Waals surface area (Å²) in [5.41, 5.74) is 0. The Morgan fingerprint density at radius 2 is 2.44 bits per heavy atom. The van der Waals surface area contributed by atoms with Gasteiger partial charge in [0.2, 0.25) is 5.91 Å². The van der Waals surface area contributed by atoms with Crippen LogP contribution in [0.3, 0.4) is 0 Å². The highest BCUT2D eigenvalue weighted by Gasteiger charge is 2.13. The van der Waals surface area contributed by atoms with E-state index in [1.807, 2.05) is 0 Å². The van der Waals surface area contributed by atoms with Crippen LogP contribution in [0.1, 0.15) is 27.2 Å². The molecule has 2 N–H and O–H groups in total. The molecule has 0 saturated carbocycles. The zero-order chi connectivity index (χ0) is 12.0. The maximum absolute atomic E-state index is 11.4. The Bertz CT molecular complexity index is 266. The van der Waals surface area contributed by atoms with Crippen molar-refractivity contribution in [2.75, 3.05) is 18.8 Å². The Morgan fingerprint density at radius 1 is 1.69 bits per heavy atom. The number of carbonyl (C=O) groups is 1. The number of aliphatic imine (C=N–C) groups is 1. The number of amidine groups is 1. The van der Waals surface area contributed by atoms with Gasteiger partial charge in [0.05, 0.1) is 0 Å². The number of hydrogen-bond donors (Lipinski definition) is 2. The first-order chi connectivity index (χ1) is 7.58. The van der Waals surface area contributed by atoms with Crippen LogP contribution < -0.4 is 10.6 Å². The maximum Gasteiger partial charge on any atom is 0.241 e. The van der Waals surface area contributed by atoms with Gasteiger partial charge in [0, 0.05) is 18.3 Å². The number of thioether (sulfide) groups is 1. The Labute approximate surface area is 102 Å². The molecule has 1 aliphatic rings. The standard InChI is InChI=1S/C11H21N3OS/c1-8(2)6-12-10(15)7-13-11-14-9(3)4-5-16-11/h8-9H,4-7H2,1-3H3,(H,12,15)(H,13,14). The minimum absolute atomic E-state index is 0.00169. The molecular formula is C11H21N3OS. The SMILES string of the molecule is CC(C)CNC(=O)CN=C1NC(C)CCS1. The monoisotopic (exact) mass is 243 g/mol. The van der Waals surface area contributed by atoms with Gasteiger partial charge < -0.3 is 10.6 Å². The van der Waals surface area contributed by atoms with E-state index in [9.17, 15) is 4.79 Å². The summed E-state index contributed by atoms with van der Waals surface area (Å²) in [6.45, 7) is 7.24. The molecule has 0 aliphatic carbocycles. The highest BCUT2D eigenvalue weighted by atomic mass is 32.2. The number of rotatable bonds is 4. The van der Waals surface area contributed by atoms with E-state index in [-0.39, 0.29) is 12.5 Å². The Hall–Kier alpha value is -0.710. The second kappa shape index (κ2) is 6.78. The molecule has 0 aromatic carbocycles. The molecular weight excluding hydrogens is 222 g/mol. The van der Waals surface area contributed by atoms with Gasteiger partial charge in [-0.15, -0.1) is 0 Å². The normalized spacial score (nSPS) is 23.2. The molecule has 16 heavy (non-hydrogen) atoms. The van der Waals surface area contributed by atoms with Crippen LogP contribution in [0.2, 0.25) is 0 Å². The quantitative estimate of drug-likeness (QED) is 0.781. The number of nitrogens with one attached hydrogen (secondary N) is 2. The lowest BCUT2D eigenvalue weighted by molar-refractivity contribution is -0.119. The van der Waals surface area contributed by atoms with Crippen molar-refractivity contribution in [3.63, 3.8) is 0 Å². The van der Waals surface area contributed by atoms with E-state index >= 15 is 0 Å². The van der Waals surface area contributed by atoms with E-state index in [1.165, 1.54) is 0 Å². The lowest BCUT2D eigenvalue weighted by Crippen LogP contribution is -2.36. The first-order valence-corrected chi connectivity index (χ1v) is 6.77. The first kappa shape index (κ1) is 13.4. The van der Waals surface area contributed by atoms with Crippen LogP contribution in [-0.2, 0) is 4.79 Å². The van der Waals surface area contributed by atoms with Crippen molar-refractivity contribution in [2.45, 2.75) is 33.2 Å². The molecule has 1 aliphatic heterocycles. The van der Waals surface area contributed by atoms with Crippen LogP contribution >= 0.6 is 11.8 Å². The molecule has 1 saturated heterocycles. The zero-order valence-corrected chi connectivity index (χ0v) is 11.1. The number of nitrogens with zero attached hydrogens (tertiary/aromatic N) is 1. The van der Waals surface area contributed by atoms with Gasteiger partial charge in [-0.25, -0.2) is 0 Å². The molecule has 0 radical (unpaired) electrons. The summed E-state index contributed by atoms with van der Waals surface area (Å²) in [6.07, 6.45) is 1.16. The third-order valence-corrected chi connectivity index (χ3v) is 3.19. The molecule has 92 valence electrons. The van der Waals surface area contributed by atoms with E-state index in [0.717, 1.165) is 23.9 Å². The van der Waals surface area contributed by atoms with Gasteiger partial charge in [-0.1, -0.05) is 25.6 Å². The highest BCUT2D eigenvalue weighted by molar-refractivity contribution is 8.13. The van der Waals surface area contributed by atoms with Crippen LogP contribution in [0.15, 0.2) is 4.99 Å². The molecule has 5 heteroatoms. The van der Waals surface area contributed by atoms with E-state index in [1.54, 1.807) is 11.8 Å². The predicted molar refractivity (Wildman–Crippen MR) is 69.8 cm³/mol. The third-order valence-electron chi connectivity index (χ3n) is 2.23. The molecule has 0 bridgehead atoms. The van der Waals surface area contributed by atoms with Gasteiger partial charge in [0.25, 0.3) is 0 Å². The van der Waals surface area contributed by atoms with Crippen LogP contribution in [-0.4, -0.2) is 36.0 Å². The summed E-state index contributed by atoms with van der Waals surface area (Å²) < 4.78 is 0. The number of carbonyl (C=O) groups excluding carboxylic acids is 1. The second-order valence-corrected chi connectivity index (χ2v) is 5.59. The van der Waals surface area contributed by atoms with Crippen molar-refractivity contribution in [3.8, 4) is 0 Å². The minimum atomic E-state index is 0.00169. The third kappa shape index (κ3) is 5.39. The summed E-state index contributed by atoms with van der Waals surface area (Å²) in [4.78, 5) is 15.7. The smallest absolute Gasteiger partial charge is 0.241 e. The molecule has 1 unspecified atom stereocenters. The summed E-state index contributed by atoms with van der Waals surface area (Å²) >= 11 is 1.69. The lowest BCUT2D eigenvalue weighted by atomic mass is 10.2. The fourth-order valence-electron chi connectivity index (χ4n) is 1.27. The minimum Gasteiger partial charge on any atom is -0.362 e. The van der Waals surface area contributed by atoms with Crippen LogP contribution in [0.4, 0.5) is 0 Å². The Balaban J connectivity index is 2.26. The van der Waals surface area contributed by atoms with Gasteiger partial charge in [0.1, 0.15) is 6.54 Å². The fourth-order valence-corrected chi connectivity index (χ4v) is 2.37. The van der Waals surface area contributed by atoms with Gasteiger partial charge >= 0.3 is 0 Å². The van der Waals surface area contributed by atoms with Crippen molar-refractivity contribution in [3.05, 3.63) is 0 Å². The van der Waals surface area contributed by atoms with Gasteiger partial charge in [-0.2, -0.15) is 0 Å². The summed E-state index contributed by atoms with van der Waals surface area (Å²) in [7, 11) is 0. The Kier molecular flexibility index (Phi) is 5.66. The average Bonchev–Trinajstić information content (AvgIpc) is 2.23. The molecule has 0 aromatic rings. The lowest BCUT2D eigenvalue weighted by Gasteiger charge is -2.21.